The van der Waals surface area contributed by atoms with E-state index < -0.39 is 42.3 Å². The lowest BCUT2D eigenvalue weighted by Gasteiger charge is -2.16. The zero-order chi connectivity index (χ0) is 40.4. The van der Waals surface area contributed by atoms with E-state index >= 15 is 0 Å². The van der Waals surface area contributed by atoms with Gasteiger partial charge in [0.25, 0.3) is 0 Å². The van der Waals surface area contributed by atoms with Gasteiger partial charge in [-0.05, 0) is 23.2 Å². The average molecular weight is 636 g/mol. The number of rotatable bonds is 6. The Morgan fingerprint density at radius 2 is 0.918 bits per heavy atom. The SMILES string of the molecule is [2H]c1c([2H])c([2H])c(-c2cccc3c4c([2H])c([2H])c([2H])c([2H])c4n(-c4ccccc4-c4ccc(-c5nc(-c6ccccc6)nc(-c6ccccc6)n5)cc4)c23)c([2H])c1[2H]. The standard InChI is InChI=1S/C45H30N4/c1-4-15-31(16-5-1)37-23-14-24-39-38-22-11-13-26-41(38)49(42(37)39)40-25-12-10-21-36(40)32-27-29-35(30-28-32)45-47-43(33-17-6-2-7-18-33)46-44(48-45)34-19-8-3-9-20-34/h1-30H/i1D,4D,5D,11D,13D,15D,16D,22D,26D. The van der Waals surface area contributed by atoms with Gasteiger partial charge in [-0.15, -0.1) is 0 Å². The summed E-state index contributed by atoms with van der Waals surface area (Å²) in [6.07, 6.45) is 0. The van der Waals surface area contributed by atoms with Crippen molar-refractivity contribution in [2.75, 3.05) is 0 Å². The van der Waals surface area contributed by atoms with Crippen molar-refractivity contribution in [1.29, 1.82) is 0 Å². The van der Waals surface area contributed by atoms with Crippen LogP contribution in [0.15, 0.2) is 182 Å². The number of para-hydroxylation sites is 3. The van der Waals surface area contributed by atoms with Crippen molar-refractivity contribution in [3.8, 4) is 62.1 Å². The van der Waals surface area contributed by atoms with E-state index in [4.69, 9.17) is 25.9 Å². The normalized spacial score (nSPS) is 13.8. The zero-order valence-corrected chi connectivity index (χ0v) is 25.9. The van der Waals surface area contributed by atoms with Crippen LogP contribution in [-0.2, 0) is 0 Å². The highest BCUT2D eigenvalue weighted by Gasteiger charge is 2.19. The first-order valence-corrected chi connectivity index (χ1v) is 15.7. The number of fused-ring (bicyclic) bond motifs is 3. The minimum atomic E-state index is -0.524. The highest BCUT2D eigenvalue weighted by molar-refractivity contribution is 6.14. The van der Waals surface area contributed by atoms with Crippen LogP contribution in [0.2, 0.25) is 0 Å². The van der Waals surface area contributed by atoms with Crippen molar-refractivity contribution in [3.63, 3.8) is 0 Å². The van der Waals surface area contributed by atoms with Crippen LogP contribution in [0.25, 0.3) is 83.9 Å². The lowest BCUT2D eigenvalue weighted by atomic mass is 10.00. The maximum Gasteiger partial charge on any atom is 0.164 e. The number of benzene rings is 7. The molecule has 9 rings (SSSR count). The first-order valence-electron chi connectivity index (χ1n) is 20.2. The highest BCUT2D eigenvalue weighted by atomic mass is 15.0. The molecule has 0 aliphatic rings. The lowest BCUT2D eigenvalue weighted by Crippen LogP contribution is -2.00. The Balaban J connectivity index is 1.27. The van der Waals surface area contributed by atoms with E-state index in [-0.39, 0.29) is 34.1 Å². The van der Waals surface area contributed by atoms with Crippen LogP contribution in [0.4, 0.5) is 0 Å². The molecule has 0 atom stereocenters. The molecule has 0 aliphatic heterocycles. The van der Waals surface area contributed by atoms with Crippen LogP contribution in [-0.4, -0.2) is 19.5 Å². The van der Waals surface area contributed by atoms with Gasteiger partial charge in [-0.25, -0.2) is 15.0 Å². The van der Waals surface area contributed by atoms with Gasteiger partial charge in [0.1, 0.15) is 0 Å². The molecule has 0 spiro atoms. The van der Waals surface area contributed by atoms with Crippen molar-refractivity contribution in [2.24, 2.45) is 0 Å². The second-order valence-corrected chi connectivity index (χ2v) is 11.4. The van der Waals surface area contributed by atoms with Gasteiger partial charge < -0.3 is 4.57 Å². The number of hydrogen-bond acceptors (Lipinski definition) is 3. The van der Waals surface area contributed by atoms with Gasteiger partial charge in [0.05, 0.1) is 29.1 Å². The molecule has 4 heteroatoms. The Kier molecular flexibility index (Phi) is 5.11. The molecule has 0 radical (unpaired) electrons. The Morgan fingerprint density at radius 1 is 0.388 bits per heavy atom. The topological polar surface area (TPSA) is 43.6 Å². The smallest absolute Gasteiger partial charge is 0.164 e. The summed E-state index contributed by atoms with van der Waals surface area (Å²) in [6, 6.07) is 35.9. The van der Waals surface area contributed by atoms with Crippen molar-refractivity contribution < 1.29 is 12.3 Å². The van der Waals surface area contributed by atoms with Crippen molar-refractivity contribution in [3.05, 3.63) is 182 Å². The van der Waals surface area contributed by atoms with Crippen molar-refractivity contribution in [1.82, 2.24) is 19.5 Å². The van der Waals surface area contributed by atoms with E-state index in [1.807, 2.05) is 109 Å². The van der Waals surface area contributed by atoms with E-state index in [1.54, 1.807) is 22.8 Å². The molecule has 0 aliphatic carbocycles. The summed E-state index contributed by atoms with van der Waals surface area (Å²) in [4.78, 5) is 14.5. The van der Waals surface area contributed by atoms with Gasteiger partial charge in [-0.2, -0.15) is 0 Å². The molecule has 49 heavy (non-hydrogen) atoms. The van der Waals surface area contributed by atoms with Gasteiger partial charge in [-0.1, -0.05) is 170 Å². The van der Waals surface area contributed by atoms with Gasteiger partial charge in [0.2, 0.25) is 0 Å². The molecule has 0 N–H and O–H groups in total. The predicted molar refractivity (Wildman–Crippen MR) is 201 cm³/mol. The number of hydrogen-bond donors (Lipinski definition) is 0. The molecule has 7 aromatic carbocycles. The zero-order valence-electron chi connectivity index (χ0n) is 34.9. The van der Waals surface area contributed by atoms with Crippen molar-refractivity contribution in [2.45, 2.75) is 0 Å². The van der Waals surface area contributed by atoms with Crippen LogP contribution in [0.1, 0.15) is 12.3 Å². The summed E-state index contributed by atoms with van der Waals surface area (Å²) in [7, 11) is 0. The molecule has 0 unspecified atom stereocenters. The summed E-state index contributed by atoms with van der Waals surface area (Å²) in [6.45, 7) is 0. The fourth-order valence-corrected chi connectivity index (χ4v) is 6.24. The molecule has 2 aromatic heterocycles. The molecule has 0 amide bonds. The highest BCUT2D eigenvalue weighted by Crippen LogP contribution is 2.40. The number of nitrogens with zero attached hydrogens (tertiary/aromatic N) is 4. The Hall–Kier alpha value is -6.65. The molecule has 0 saturated heterocycles. The molecule has 0 saturated carbocycles. The fraction of sp³-hybridized carbons (Fsp3) is 0. The van der Waals surface area contributed by atoms with Crippen molar-refractivity contribution >= 4 is 21.8 Å². The predicted octanol–water partition coefficient (Wildman–Crippen LogP) is 11.3. The Morgan fingerprint density at radius 3 is 1.59 bits per heavy atom. The molecule has 0 fully saturated rings. The van der Waals surface area contributed by atoms with E-state index in [2.05, 4.69) is 0 Å². The van der Waals surface area contributed by atoms with Gasteiger partial charge >= 0.3 is 0 Å². The molecule has 230 valence electrons. The maximum absolute atomic E-state index is 9.17. The molecular formula is C45H30N4. The Bertz CT molecular complexity index is 3010. The summed E-state index contributed by atoms with van der Waals surface area (Å²) in [5.74, 6) is 1.55. The van der Waals surface area contributed by atoms with E-state index in [0.717, 1.165) is 22.3 Å². The third-order valence-electron chi connectivity index (χ3n) is 8.49. The van der Waals surface area contributed by atoms with E-state index in [1.165, 1.54) is 0 Å². The first-order chi connectivity index (χ1) is 28.0. The van der Waals surface area contributed by atoms with Crippen LogP contribution in [0.3, 0.4) is 0 Å². The lowest BCUT2D eigenvalue weighted by molar-refractivity contribution is 1.07. The summed E-state index contributed by atoms with van der Waals surface area (Å²) in [5.41, 5.74) is 5.28. The third-order valence-corrected chi connectivity index (χ3v) is 8.49. The largest absolute Gasteiger partial charge is 0.308 e. The molecule has 9 aromatic rings. The van der Waals surface area contributed by atoms with E-state index in [0.29, 0.717) is 39.6 Å². The first kappa shape index (κ1) is 20.6. The second-order valence-electron chi connectivity index (χ2n) is 11.4. The quantitative estimate of drug-likeness (QED) is 0.183. The Labute approximate surface area is 297 Å². The second kappa shape index (κ2) is 12.2. The van der Waals surface area contributed by atoms with Gasteiger partial charge in [0, 0.05) is 38.6 Å². The van der Waals surface area contributed by atoms with Crippen LogP contribution >= 0.6 is 0 Å². The maximum atomic E-state index is 9.17. The van der Waals surface area contributed by atoms with Gasteiger partial charge in [-0.3, -0.25) is 0 Å². The minimum Gasteiger partial charge on any atom is -0.308 e. The van der Waals surface area contributed by atoms with Gasteiger partial charge in [0.15, 0.2) is 17.5 Å². The van der Waals surface area contributed by atoms with E-state index in [9.17, 15) is 1.37 Å². The van der Waals surface area contributed by atoms with Crippen LogP contribution in [0.5, 0.6) is 0 Å². The van der Waals surface area contributed by atoms with Crippen LogP contribution in [0, 0.1) is 0 Å². The summed E-state index contributed by atoms with van der Waals surface area (Å²) < 4.78 is 80.0. The summed E-state index contributed by atoms with van der Waals surface area (Å²) in [5, 5.41) is 0.688. The molecular weight excluding hydrogens is 597 g/mol. The fourth-order valence-electron chi connectivity index (χ4n) is 6.24. The average Bonchev–Trinajstić information content (AvgIpc) is 3.63. The monoisotopic (exact) mass is 635 g/mol. The number of aromatic nitrogens is 4. The summed E-state index contributed by atoms with van der Waals surface area (Å²) >= 11 is 0. The third kappa shape index (κ3) is 5.16. The minimum absolute atomic E-state index is 0.0418. The van der Waals surface area contributed by atoms with Crippen LogP contribution < -0.4 is 0 Å². The molecule has 4 nitrogen and oxygen atoms in total. The molecule has 2 heterocycles. The molecule has 0 bridgehead atoms.